The van der Waals surface area contributed by atoms with Gasteiger partial charge in [0.05, 0.1) is 11.1 Å². The van der Waals surface area contributed by atoms with Gasteiger partial charge in [0.1, 0.15) is 0 Å². The molecule has 6 heteroatoms. The molecule has 1 saturated heterocycles. The molecule has 2 heterocycles. The van der Waals surface area contributed by atoms with E-state index >= 15 is 0 Å². The maximum Gasteiger partial charge on any atom is 0.252 e. The van der Waals surface area contributed by atoms with Gasteiger partial charge in [-0.25, -0.2) is 0 Å². The highest BCUT2D eigenvalue weighted by Crippen LogP contribution is 2.27. The third-order valence-electron chi connectivity index (χ3n) is 5.33. The SMILES string of the molecule is Cc1nnc(-c2ccccc2C(=O)NCC(C)(C)N2CC(C)CC(C)C2)o1. The molecule has 3 rings (SSSR count). The van der Waals surface area contributed by atoms with E-state index in [9.17, 15) is 4.79 Å². The van der Waals surface area contributed by atoms with Crippen LogP contribution < -0.4 is 5.32 Å². The van der Waals surface area contributed by atoms with Crippen molar-refractivity contribution >= 4 is 5.91 Å². The smallest absolute Gasteiger partial charge is 0.252 e. The number of rotatable bonds is 5. The van der Waals surface area contributed by atoms with Gasteiger partial charge in [0, 0.05) is 32.1 Å². The minimum atomic E-state index is -0.118. The van der Waals surface area contributed by atoms with Crippen molar-refractivity contribution in [1.82, 2.24) is 20.4 Å². The fourth-order valence-corrected chi connectivity index (χ4v) is 3.93. The molecule has 0 saturated carbocycles. The van der Waals surface area contributed by atoms with E-state index in [2.05, 4.69) is 48.1 Å². The van der Waals surface area contributed by atoms with Crippen molar-refractivity contribution in [2.75, 3.05) is 19.6 Å². The van der Waals surface area contributed by atoms with Crippen LogP contribution in [0.5, 0.6) is 0 Å². The second kappa shape index (κ2) is 7.80. The van der Waals surface area contributed by atoms with Crippen LogP contribution in [0.3, 0.4) is 0 Å². The first-order valence-electron chi connectivity index (χ1n) is 9.69. The monoisotopic (exact) mass is 370 g/mol. The van der Waals surface area contributed by atoms with E-state index in [0.717, 1.165) is 13.1 Å². The molecule has 6 nitrogen and oxygen atoms in total. The summed E-state index contributed by atoms with van der Waals surface area (Å²) in [6.45, 7) is 13.5. The lowest BCUT2D eigenvalue weighted by atomic mass is 9.88. The highest BCUT2D eigenvalue weighted by Gasteiger charge is 2.33. The molecule has 1 amide bonds. The van der Waals surface area contributed by atoms with Crippen molar-refractivity contribution < 1.29 is 9.21 Å². The van der Waals surface area contributed by atoms with Crippen molar-refractivity contribution in [3.63, 3.8) is 0 Å². The van der Waals surface area contributed by atoms with Gasteiger partial charge in [0.25, 0.3) is 5.91 Å². The molecule has 1 aliphatic rings. The van der Waals surface area contributed by atoms with E-state index in [1.54, 1.807) is 13.0 Å². The zero-order valence-electron chi connectivity index (χ0n) is 17.0. The average molecular weight is 370 g/mol. The molecule has 0 aliphatic carbocycles. The largest absolute Gasteiger partial charge is 0.421 e. The number of likely N-dealkylation sites (tertiary alicyclic amines) is 1. The van der Waals surface area contributed by atoms with Crippen molar-refractivity contribution in [2.45, 2.75) is 46.6 Å². The molecule has 2 aromatic rings. The first kappa shape index (κ1) is 19.5. The van der Waals surface area contributed by atoms with Crippen LogP contribution in [0, 0.1) is 18.8 Å². The Balaban J connectivity index is 1.71. The number of carbonyl (C=O) groups excluding carboxylic acids is 1. The summed E-state index contributed by atoms with van der Waals surface area (Å²) in [5.74, 6) is 2.11. The summed E-state index contributed by atoms with van der Waals surface area (Å²) in [5, 5.41) is 11.0. The molecule has 2 atom stereocenters. The molecule has 27 heavy (non-hydrogen) atoms. The topological polar surface area (TPSA) is 71.3 Å². The second-order valence-electron chi connectivity index (χ2n) is 8.52. The highest BCUT2D eigenvalue weighted by atomic mass is 16.4. The summed E-state index contributed by atoms with van der Waals surface area (Å²) in [4.78, 5) is 15.4. The Morgan fingerprint density at radius 1 is 1.22 bits per heavy atom. The van der Waals surface area contributed by atoms with Gasteiger partial charge in [-0.1, -0.05) is 26.0 Å². The Labute approximate surface area is 161 Å². The Morgan fingerprint density at radius 2 is 1.89 bits per heavy atom. The standard InChI is InChI=1S/C21H30N4O2/c1-14-10-15(2)12-25(11-14)21(4,5)13-22-19(26)17-8-6-7-9-18(17)20-24-23-16(3)27-20/h6-9,14-15H,10-13H2,1-5H3,(H,22,26). The lowest BCUT2D eigenvalue weighted by Crippen LogP contribution is -2.56. The van der Waals surface area contributed by atoms with Crippen LogP contribution in [-0.4, -0.2) is 46.2 Å². The summed E-state index contributed by atoms with van der Waals surface area (Å²) in [5.41, 5.74) is 1.11. The van der Waals surface area contributed by atoms with E-state index in [0.29, 0.717) is 41.3 Å². The van der Waals surface area contributed by atoms with Gasteiger partial charge < -0.3 is 9.73 Å². The Morgan fingerprint density at radius 3 is 2.52 bits per heavy atom. The van der Waals surface area contributed by atoms with Crippen molar-refractivity contribution in [3.8, 4) is 11.5 Å². The Bertz CT molecular complexity index is 789. The maximum absolute atomic E-state index is 12.9. The molecule has 2 unspecified atom stereocenters. The third-order valence-corrected chi connectivity index (χ3v) is 5.33. The minimum Gasteiger partial charge on any atom is -0.421 e. The van der Waals surface area contributed by atoms with Crippen LogP contribution in [0.1, 0.15) is 50.4 Å². The molecule has 1 aromatic carbocycles. The fraction of sp³-hybridized carbons (Fsp3) is 0.571. The number of hydrogen-bond acceptors (Lipinski definition) is 5. The van der Waals surface area contributed by atoms with E-state index in [4.69, 9.17) is 4.42 Å². The van der Waals surface area contributed by atoms with Gasteiger partial charge >= 0.3 is 0 Å². The number of amides is 1. The zero-order valence-corrected chi connectivity index (χ0v) is 17.0. The third kappa shape index (κ3) is 4.56. The van der Waals surface area contributed by atoms with Gasteiger partial charge in [-0.15, -0.1) is 10.2 Å². The van der Waals surface area contributed by atoms with Crippen LogP contribution in [0.25, 0.3) is 11.5 Å². The summed E-state index contributed by atoms with van der Waals surface area (Å²) in [6, 6.07) is 7.34. The predicted octanol–water partition coefficient (Wildman–Crippen LogP) is 3.53. The van der Waals surface area contributed by atoms with Gasteiger partial charge in [0.2, 0.25) is 11.8 Å². The van der Waals surface area contributed by atoms with E-state index < -0.39 is 0 Å². The number of nitrogens with zero attached hydrogens (tertiary/aromatic N) is 3. The van der Waals surface area contributed by atoms with Crippen LogP contribution in [0.2, 0.25) is 0 Å². The summed E-state index contributed by atoms with van der Waals surface area (Å²) in [6.07, 6.45) is 1.27. The quantitative estimate of drug-likeness (QED) is 0.872. The minimum absolute atomic E-state index is 0.103. The maximum atomic E-state index is 12.9. The number of piperidine rings is 1. The van der Waals surface area contributed by atoms with Gasteiger partial charge in [-0.05, 0) is 44.2 Å². The van der Waals surface area contributed by atoms with Gasteiger partial charge in [-0.2, -0.15) is 0 Å². The van der Waals surface area contributed by atoms with E-state index in [1.165, 1.54) is 6.42 Å². The molecule has 146 valence electrons. The fourth-order valence-electron chi connectivity index (χ4n) is 3.93. The predicted molar refractivity (Wildman–Crippen MR) is 105 cm³/mol. The molecule has 1 aromatic heterocycles. The average Bonchev–Trinajstić information content (AvgIpc) is 3.05. The van der Waals surface area contributed by atoms with Crippen molar-refractivity contribution in [3.05, 3.63) is 35.7 Å². The summed E-state index contributed by atoms with van der Waals surface area (Å²) < 4.78 is 5.51. The molecule has 0 radical (unpaired) electrons. The Kier molecular flexibility index (Phi) is 5.65. The van der Waals surface area contributed by atoms with Crippen LogP contribution in [0.15, 0.2) is 28.7 Å². The van der Waals surface area contributed by atoms with Crippen LogP contribution in [-0.2, 0) is 0 Å². The molecular formula is C21H30N4O2. The molecule has 0 spiro atoms. The van der Waals surface area contributed by atoms with Crippen molar-refractivity contribution in [1.29, 1.82) is 0 Å². The lowest BCUT2D eigenvalue weighted by Gasteiger charge is -2.45. The number of nitrogens with one attached hydrogen (secondary N) is 1. The van der Waals surface area contributed by atoms with Crippen molar-refractivity contribution in [2.24, 2.45) is 11.8 Å². The Hall–Kier alpha value is -2.21. The first-order chi connectivity index (χ1) is 12.8. The zero-order chi connectivity index (χ0) is 19.6. The highest BCUT2D eigenvalue weighted by molar-refractivity contribution is 5.99. The lowest BCUT2D eigenvalue weighted by molar-refractivity contribution is 0.0445. The summed E-state index contributed by atoms with van der Waals surface area (Å²) in [7, 11) is 0. The molecule has 1 fully saturated rings. The molecule has 1 aliphatic heterocycles. The molecule has 0 bridgehead atoms. The summed E-state index contributed by atoms with van der Waals surface area (Å²) >= 11 is 0. The number of hydrogen-bond donors (Lipinski definition) is 1. The number of aryl methyl sites for hydroxylation is 1. The normalized spacial score (nSPS) is 21.2. The first-order valence-corrected chi connectivity index (χ1v) is 9.69. The van der Waals surface area contributed by atoms with E-state index in [-0.39, 0.29) is 11.4 Å². The number of aromatic nitrogens is 2. The molecular weight excluding hydrogens is 340 g/mol. The number of carbonyl (C=O) groups is 1. The van der Waals surface area contributed by atoms with Crippen LogP contribution >= 0.6 is 0 Å². The molecule has 1 N–H and O–H groups in total. The second-order valence-corrected chi connectivity index (χ2v) is 8.52. The van der Waals surface area contributed by atoms with Gasteiger partial charge in [-0.3, -0.25) is 9.69 Å². The van der Waals surface area contributed by atoms with E-state index in [1.807, 2.05) is 18.2 Å². The van der Waals surface area contributed by atoms with Gasteiger partial charge in [0.15, 0.2) is 0 Å². The van der Waals surface area contributed by atoms with Crippen LogP contribution in [0.4, 0.5) is 0 Å². The number of benzene rings is 1.